The van der Waals surface area contributed by atoms with Crippen LogP contribution in [0, 0.1) is 0 Å². The van der Waals surface area contributed by atoms with Crippen molar-refractivity contribution in [2.24, 2.45) is 0 Å². The Labute approximate surface area is 131 Å². The molecular weight excluding hydrogens is 278 g/mol. The second-order valence-electron chi connectivity index (χ2n) is 7.06. The zero-order valence-electron chi connectivity index (χ0n) is 13.7. The molecule has 0 aliphatic heterocycles. The van der Waals surface area contributed by atoms with Gasteiger partial charge in [-0.05, 0) is 46.1 Å². The van der Waals surface area contributed by atoms with Crippen LogP contribution in [0.4, 0.5) is 0 Å². The minimum absolute atomic E-state index is 0.392. The molecule has 2 N–H and O–H groups in total. The van der Waals surface area contributed by atoms with Crippen LogP contribution in [0.15, 0.2) is 30.6 Å². The van der Waals surface area contributed by atoms with Gasteiger partial charge in [-0.15, -0.1) is 0 Å². The van der Waals surface area contributed by atoms with Crippen molar-refractivity contribution in [3.05, 3.63) is 36.2 Å². The van der Waals surface area contributed by atoms with Crippen LogP contribution < -0.4 is 0 Å². The van der Waals surface area contributed by atoms with Crippen LogP contribution in [0.2, 0.25) is 0 Å². The van der Waals surface area contributed by atoms with Crippen LogP contribution in [0.25, 0.3) is 11.4 Å². The first-order valence-corrected chi connectivity index (χ1v) is 7.56. The van der Waals surface area contributed by atoms with Gasteiger partial charge in [-0.25, -0.2) is 9.67 Å². The van der Waals surface area contributed by atoms with E-state index in [2.05, 4.69) is 10.1 Å². The maximum atomic E-state index is 9.94. The molecule has 0 amide bonds. The molecule has 1 heterocycles. The van der Waals surface area contributed by atoms with E-state index >= 15 is 0 Å². The molecule has 0 spiro atoms. The second-order valence-corrected chi connectivity index (χ2v) is 7.06. The van der Waals surface area contributed by atoms with Crippen molar-refractivity contribution >= 4 is 0 Å². The van der Waals surface area contributed by atoms with Gasteiger partial charge in [-0.3, -0.25) is 0 Å². The molecule has 0 radical (unpaired) electrons. The van der Waals surface area contributed by atoms with Gasteiger partial charge < -0.3 is 10.2 Å². The van der Waals surface area contributed by atoms with Crippen LogP contribution >= 0.6 is 0 Å². The maximum Gasteiger partial charge on any atom is 0.158 e. The lowest BCUT2D eigenvalue weighted by molar-refractivity contribution is 0.0582. The number of hydrogen-bond acceptors (Lipinski definition) is 4. The largest absolute Gasteiger partial charge is 0.390 e. The third-order valence-corrected chi connectivity index (χ3v) is 3.39. The Kier molecular flexibility index (Phi) is 4.68. The van der Waals surface area contributed by atoms with Gasteiger partial charge in [-0.2, -0.15) is 5.10 Å². The fourth-order valence-electron chi connectivity index (χ4n) is 2.24. The molecule has 22 heavy (non-hydrogen) atoms. The third-order valence-electron chi connectivity index (χ3n) is 3.39. The van der Waals surface area contributed by atoms with Gasteiger partial charge in [0.05, 0.1) is 17.7 Å². The summed E-state index contributed by atoms with van der Waals surface area (Å²) in [5, 5.41) is 23.9. The second kappa shape index (κ2) is 6.18. The molecule has 2 rings (SSSR count). The summed E-state index contributed by atoms with van der Waals surface area (Å²) in [6.45, 7) is 7.53. The SMILES string of the molecule is CC(C)(O)CCc1ccc(-c2ncnn2CC(C)(C)O)cc1. The first-order valence-electron chi connectivity index (χ1n) is 7.56. The summed E-state index contributed by atoms with van der Waals surface area (Å²) < 4.78 is 1.71. The lowest BCUT2D eigenvalue weighted by Gasteiger charge is -2.18. The number of aryl methyl sites for hydroxylation is 1. The number of benzene rings is 1. The van der Waals surface area contributed by atoms with Crippen molar-refractivity contribution < 1.29 is 10.2 Å². The van der Waals surface area contributed by atoms with Gasteiger partial charge in [0.1, 0.15) is 6.33 Å². The topological polar surface area (TPSA) is 71.2 Å². The van der Waals surface area contributed by atoms with E-state index in [4.69, 9.17) is 0 Å². The molecule has 5 heteroatoms. The van der Waals surface area contributed by atoms with E-state index in [9.17, 15) is 10.2 Å². The molecule has 0 aliphatic carbocycles. The third kappa shape index (κ3) is 4.93. The van der Waals surface area contributed by atoms with E-state index in [1.165, 1.54) is 11.9 Å². The molecule has 0 bridgehead atoms. The number of nitrogens with zero attached hydrogens (tertiary/aromatic N) is 3. The van der Waals surface area contributed by atoms with E-state index in [1.54, 1.807) is 18.5 Å². The summed E-state index contributed by atoms with van der Waals surface area (Å²) in [7, 11) is 0. The fourth-order valence-corrected chi connectivity index (χ4v) is 2.24. The monoisotopic (exact) mass is 303 g/mol. The Morgan fingerprint density at radius 2 is 1.64 bits per heavy atom. The van der Waals surface area contributed by atoms with E-state index in [0.29, 0.717) is 6.54 Å². The average molecular weight is 303 g/mol. The fraction of sp³-hybridized carbons (Fsp3) is 0.529. The molecule has 1 aromatic heterocycles. The molecule has 0 atom stereocenters. The van der Waals surface area contributed by atoms with Gasteiger partial charge in [0.25, 0.3) is 0 Å². The first kappa shape index (κ1) is 16.6. The van der Waals surface area contributed by atoms with E-state index in [-0.39, 0.29) is 0 Å². The molecule has 120 valence electrons. The van der Waals surface area contributed by atoms with Crippen LogP contribution in [-0.2, 0) is 13.0 Å². The Bertz CT molecular complexity index is 604. The molecule has 0 aliphatic rings. The summed E-state index contributed by atoms with van der Waals surface area (Å²) in [4.78, 5) is 4.29. The molecule has 0 unspecified atom stereocenters. The van der Waals surface area contributed by atoms with Gasteiger partial charge in [0.2, 0.25) is 0 Å². The van der Waals surface area contributed by atoms with Crippen molar-refractivity contribution in [3.63, 3.8) is 0 Å². The van der Waals surface area contributed by atoms with Gasteiger partial charge in [0.15, 0.2) is 5.82 Å². The quantitative estimate of drug-likeness (QED) is 0.859. The van der Waals surface area contributed by atoms with Gasteiger partial charge in [-0.1, -0.05) is 24.3 Å². The minimum atomic E-state index is -0.838. The summed E-state index contributed by atoms with van der Waals surface area (Å²) in [6, 6.07) is 8.10. The van der Waals surface area contributed by atoms with Crippen LogP contribution in [0.5, 0.6) is 0 Å². The highest BCUT2D eigenvalue weighted by atomic mass is 16.3. The smallest absolute Gasteiger partial charge is 0.158 e. The number of aromatic nitrogens is 3. The van der Waals surface area contributed by atoms with Crippen molar-refractivity contribution in [2.45, 2.75) is 58.3 Å². The highest BCUT2D eigenvalue weighted by Crippen LogP contribution is 2.20. The van der Waals surface area contributed by atoms with E-state index in [1.807, 2.05) is 38.1 Å². The highest BCUT2D eigenvalue weighted by molar-refractivity contribution is 5.55. The summed E-state index contributed by atoms with van der Waals surface area (Å²) in [5.74, 6) is 0.746. The van der Waals surface area contributed by atoms with Crippen molar-refractivity contribution in [1.29, 1.82) is 0 Å². The van der Waals surface area contributed by atoms with Crippen LogP contribution in [0.3, 0.4) is 0 Å². The zero-order valence-corrected chi connectivity index (χ0v) is 13.7. The standard InChI is InChI=1S/C17H25N3O2/c1-16(2,21)10-9-13-5-7-14(8-6-13)15-18-12-19-20(15)11-17(3,4)22/h5-8,12,21-22H,9-11H2,1-4H3. The first-order chi connectivity index (χ1) is 10.1. The summed E-state index contributed by atoms with van der Waals surface area (Å²) in [6.07, 6.45) is 3.06. The molecule has 2 aromatic rings. The Balaban J connectivity index is 2.13. The minimum Gasteiger partial charge on any atom is -0.390 e. The summed E-state index contributed by atoms with van der Waals surface area (Å²) in [5.41, 5.74) is 0.661. The average Bonchev–Trinajstić information content (AvgIpc) is 2.82. The molecule has 5 nitrogen and oxygen atoms in total. The molecule has 0 saturated heterocycles. The normalized spacial score (nSPS) is 12.6. The Morgan fingerprint density at radius 1 is 1.00 bits per heavy atom. The number of hydrogen-bond donors (Lipinski definition) is 2. The molecule has 0 fully saturated rings. The predicted octanol–water partition coefficient (Wildman–Crippen LogP) is 2.42. The molecule has 0 saturated carbocycles. The molecule has 1 aromatic carbocycles. The summed E-state index contributed by atoms with van der Waals surface area (Å²) >= 11 is 0. The lowest BCUT2D eigenvalue weighted by atomic mass is 9.98. The zero-order chi connectivity index (χ0) is 16.4. The number of aliphatic hydroxyl groups is 2. The van der Waals surface area contributed by atoms with Crippen molar-refractivity contribution in [3.8, 4) is 11.4 Å². The van der Waals surface area contributed by atoms with E-state index in [0.717, 1.165) is 24.2 Å². The Morgan fingerprint density at radius 3 is 2.18 bits per heavy atom. The predicted molar refractivity (Wildman–Crippen MR) is 86.4 cm³/mol. The lowest BCUT2D eigenvalue weighted by Crippen LogP contribution is -2.27. The van der Waals surface area contributed by atoms with Crippen molar-refractivity contribution in [2.75, 3.05) is 0 Å². The van der Waals surface area contributed by atoms with Gasteiger partial charge in [0, 0.05) is 5.56 Å². The van der Waals surface area contributed by atoms with E-state index < -0.39 is 11.2 Å². The number of rotatable bonds is 6. The molecular formula is C17H25N3O2. The van der Waals surface area contributed by atoms with Crippen LogP contribution in [0.1, 0.15) is 39.7 Å². The van der Waals surface area contributed by atoms with Gasteiger partial charge >= 0.3 is 0 Å². The maximum absolute atomic E-state index is 9.94. The van der Waals surface area contributed by atoms with Crippen LogP contribution in [-0.4, -0.2) is 36.2 Å². The highest BCUT2D eigenvalue weighted by Gasteiger charge is 2.17. The Hall–Kier alpha value is -1.72. The van der Waals surface area contributed by atoms with Crippen molar-refractivity contribution in [1.82, 2.24) is 14.8 Å².